The summed E-state index contributed by atoms with van der Waals surface area (Å²) in [4.78, 5) is 4.57. The molecule has 3 rings (SSSR count). The van der Waals surface area contributed by atoms with Crippen LogP contribution in [0, 0.1) is 0 Å². The third-order valence-corrected chi connectivity index (χ3v) is 4.73. The third-order valence-electron chi connectivity index (χ3n) is 3.57. The molecule has 1 N–H and O–H groups in total. The number of alkyl halides is 1. The fraction of sp³-hybridized carbons (Fsp3) is 0.818. The molecule has 88 valence electrons. The molecule has 2 saturated carbocycles. The second-order valence-corrected chi connectivity index (χ2v) is 6.00. The van der Waals surface area contributed by atoms with E-state index in [2.05, 4.69) is 14.7 Å². The van der Waals surface area contributed by atoms with Crippen molar-refractivity contribution in [3.8, 4) is 0 Å². The number of rotatable bonds is 4. The maximum Gasteiger partial charge on any atom is 0.203 e. The molecular formula is C11H16ClN3S. The molecule has 0 unspecified atom stereocenters. The lowest BCUT2D eigenvalue weighted by atomic mass is 10.0. The van der Waals surface area contributed by atoms with Gasteiger partial charge in [-0.15, -0.1) is 11.6 Å². The van der Waals surface area contributed by atoms with Crippen LogP contribution in [0.4, 0.5) is 5.13 Å². The molecule has 0 spiro atoms. The Morgan fingerprint density at radius 3 is 2.75 bits per heavy atom. The van der Waals surface area contributed by atoms with E-state index >= 15 is 0 Å². The summed E-state index contributed by atoms with van der Waals surface area (Å²) in [6, 6.07) is 0. The van der Waals surface area contributed by atoms with Gasteiger partial charge in [-0.25, -0.2) is 4.98 Å². The number of halogens is 1. The van der Waals surface area contributed by atoms with Crippen molar-refractivity contribution < 1.29 is 0 Å². The minimum atomic E-state index is 0.0852. The number of anilines is 1. The first kappa shape index (κ1) is 10.8. The zero-order chi connectivity index (χ0) is 11.0. The van der Waals surface area contributed by atoms with Crippen LogP contribution in [0.3, 0.4) is 0 Å². The zero-order valence-electron chi connectivity index (χ0n) is 9.21. The van der Waals surface area contributed by atoms with Crippen LogP contribution in [0.15, 0.2) is 0 Å². The lowest BCUT2D eigenvalue weighted by Crippen LogP contribution is -2.36. The number of hydrogen-bond acceptors (Lipinski definition) is 4. The molecule has 0 bridgehead atoms. The molecule has 2 aliphatic carbocycles. The molecule has 0 amide bonds. The first-order valence-electron chi connectivity index (χ1n) is 5.99. The number of aromatic nitrogens is 2. The lowest BCUT2D eigenvalue weighted by Gasteiger charge is -2.27. The highest BCUT2D eigenvalue weighted by Crippen LogP contribution is 2.40. The Bertz CT molecular complexity index is 369. The Labute approximate surface area is 105 Å². The summed E-state index contributed by atoms with van der Waals surface area (Å²) in [6.45, 7) is 0. The summed E-state index contributed by atoms with van der Waals surface area (Å²) >= 11 is 7.58. The summed E-state index contributed by atoms with van der Waals surface area (Å²) in [6.07, 6.45) is 7.39. The van der Waals surface area contributed by atoms with Crippen LogP contribution in [0.25, 0.3) is 0 Å². The lowest BCUT2D eigenvalue weighted by molar-refractivity contribution is 0.539. The van der Waals surface area contributed by atoms with Crippen molar-refractivity contribution in [2.24, 2.45) is 0 Å². The van der Waals surface area contributed by atoms with Gasteiger partial charge in [0.2, 0.25) is 5.13 Å². The van der Waals surface area contributed by atoms with Crippen molar-refractivity contribution in [2.75, 3.05) is 11.2 Å². The van der Waals surface area contributed by atoms with E-state index in [4.69, 9.17) is 11.6 Å². The molecule has 2 fully saturated rings. The molecule has 0 aliphatic heterocycles. The van der Waals surface area contributed by atoms with Gasteiger partial charge in [0, 0.05) is 23.3 Å². The smallest absolute Gasteiger partial charge is 0.203 e. The van der Waals surface area contributed by atoms with Crippen LogP contribution in [0.5, 0.6) is 0 Å². The largest absolute Gasteiger partial charge is 0.354 e. The highest BCUT2D eigenvalue weighted by molar-refractivity contribution is 7.09. The van der Waals surface area contributed by atoms with Gasteiger partial charge in [0.05, 0.1) is 5.54 Å². The summed E-state index contributed by atoms with van der Waals surface area (Å²) in [5, 5.41) is 4.48. The first-order chi connectivity index (χ1) is 7.81. The molecule has 1 aromatic heterocycles. The molecule has 0 saturated heterocycles. The van der Waals surface area contributed by atoms with Crippen LogP contribution in [-0.4, -0.2) is 20.8 Å². The average Bonchev–Trinajstić information content (AvgIpc) is 2.88. The topological polar surface area (TPSA) is 37.8 Å². The van der Waals surface area contributed by atoms with Gasteiger partial charge in [0.25, 0.3) is 0 Å². The van der Waals surface area contributed by atoms with Gasteiger partial charge < -0.3 is 5.32 Å². The zero-order valence-corrected chi connectivity index (χ0v) is 10.8. The van der Waals surface area contributed by atoms with E-state index in [1.807, 2.05) is 0 Å². The van der Waals surface area contributed by atoms with E-state index in [0.29, 0.717) is 11.8 Å². The normalized spacial score (nSPS) is 23.6. The van der Waals surface area contributed by atoms with Crippen molar-refractivity contribution in [3.05, 3.63) is 5.82 Å². The molecule has 2 aliphatic rings. The average molecular weight is 258 g/mol. The van der Waals surface area contributed by atoms with Gasteiger partial charge in [-0.1, -0.05) is 12.8 Å². The molecule has 5 heteroatoms. The first-order valence-corrected chi connectivity index (χ1v) is 7.30. The van der Waals surface area contributed by atoms with Crippen molar-refractivity contribution in [1.82, 2.24) is 9.36 Å². The van der Waals surface area contributed by atoms with E-state index in [0.717, 1.165) is 23.8 Å². The van der Waals surface area contributed by atoms with Crippen LogP contribution in [-0.2, 0) is 0 Å². The molecule has 0 radical (unpaired) electrons. The predicted octanol–water partition coefficient (Wildman–Crippen LogP) is 3.38. The Kier molecular flexibility index (Phi) is 2.80. The van der Waals surface area contributed by atoms with Gasteiger partial charge in [0.1, 0.15) is 5.82 Å². The van der Waals surface area contributed by atoms with E-state index < -0.39 is 0 Å². The fourth-order valence-electron chi connectivity index (χ4n) is 2.36. The fourth-order valence-corrected chi connectivity index (χ4v) is 3.46. The van der Waals surface area contributed by atoms with Crippen molar-refractivity contribution in [1.29, 1.82) is 0 Å². The molecule has 1 aromatic rings. The summed E-state index contributed by atoms with van der Waals surface area (Å²) in [5.74, 6) is 2.35. The van der Waals surface area contributed by atoms with Crippen LogP contribution in [0.1, 0.15) is 50.3 Å². The highest BCUT2D eigenvalue weighted by Gasteiger charge is 2.34. The molecule has 0 atom stereocenters. The van der Waals surface area contributed by atoms with Crippen molar-refractivity contribution in [2.45, 2.75) is 50.0 Å². The maximum absolute atomic E-state index is 6.09. The van der Waals surface area contributed by atoms with Gasteiger partial charge in [-0.05, 0) is 25.7 Å². The van der Waals surface area contributed by atoms with E-state index in [1.54, 1.807) is 0 Å². The van der Waals surface area contributed by atoms with E-state index in [1.165, 1.54) is 37.2 Å². The quantitative estimate of drug-likeness (QED) is 0.841. The van der Waals surface area contributed by atoms with Crippen LogP contribution >= 0.6 is 23.1 Å². The minimum Gasteiger partial charge on any atom is -0.354 e. The van der Waals surface area contributed by atoms with Crippen LogP contribution < -0.4 is 5.32 Å². The number of nitrogens with zero attached hydrogens (tertiary/aromatic N) is 2. The summed E-state index contributed by atoms with van der Waals surface area (Å²) < 4.78 is 4.41. The van der Waals surface area contributed by atoms with Crippen molar-refractivity contribution >= 4 is 28.3 Å². The van der Waals surface area contributed by atoms with Gasteiger partial charge in [0.15, 0.2) is 0 Å². The number of nitrogens with one attached hydrogen (secondary N) is 1. The Morgan fingerprint density at radius 2 is 2.12 bits per heavy atom. The molecule has 3 nitrogen and oxygen atoms in total. The Morgan fingerprint density at radius 1 is 1.38 bits per heavy atom. The third kappa shape index (κ3) is 2.05. The monoisotopic (exact) mass is 257 g/mol. The van der Waals surface area contributed by atoms with Crippen LogP contribution in [0.2, 0.25) is 0 Å². The maximum atomic E-state index is 6.09. The van der Waals surface area contributed by atoms with E-state index in [9.17, 15) is 0 Å². The molecule has 0 aromatic carbocycles. The van der Waals surface area contributed by atoms with Gasteiger partial charge in [-0.2, -0.15) is 4.37 Å². The van der Waals surface area contributed by atoms with Gasteiger partial charge >= 0.3 is 0 Å². The minimum absolute atomic E-state index is 0.0852. The molecule has 1 heterocycles. The second kappa shape index (κ2) is 4.15. The summed E-state index contributed by atoms with van der Waals surface area (Å²) in [7, 11) is 0. The Balaban J connectivity index is 1.71. The second-order valence-electron chi connectivity index (χ2n) is 4.98. The number of hydrogen-bond donors (Lipinski definition) is 1. The SMILES string of the molecule is ClCC1(Nc2nc(C3CC3)ns2)CCCC1. The van der Waals surface area contributed by atoms with Gasteiger partial charge in [-0.3, -0.25) is 0 Å². The Hall–Kier alpha value is -0.350. The molecular weight excluding hydrogens is 242 g/mol. The summed E-state index contributed by atoms with van der Waals surface area (Å²) in [5.41, 5.74) is 0.0852. The highest BCUT2D eigenvalue weighted by atomic mass is 35.5. The predicted molar refractivity (Wildman–Crippen MR) is 67.4 cm³/mol. The standard InChI is InChI=1S/C11H16ClN3S/c12-7-11(5-1-2-6-11)14-10-13-9(15-16-10)8-3-4-8/h8H,1-7H2,(H,13,14,15). The molecule has 16 heavy (non-hydrogen) atoms. The van der Waals surface area contributed by atoms with E-state index in [-0.39, 0.29) is 5.54 Å². The van der Waals surface area contributed by atoms with Crippen molar-refractivity contribution in [3.63, 3.8) is 0 Å².